The summed E-state index contributed by atoms with van der Waals surface area (Å²) < 4.78 is 31.4. The lowest BCUT2D eigenvalue weighted by Crippen LogP contribution is -2.03. The predicted molar refractivity (Wildman–Crippen MR) is 183 cm³/mol. The van der Waals surface area contributed by atoms with Gasteiger partial charge in [-0.3, -0.25) is 0 Å². The maximum Gasteiger partial charge on any atom is 0.275 e. The molecule has 7 heteroatoms. The van der Waals surface area contributed by atoms with Crippen LogP contribution < -0.4 is 22.8 Å². The second-order valence-corrected chi connectivity index (χ2v) is 12.7. The molecular weight excluding hydrogens is 574 g/mol. The number of rotatable bonds is 10. The zero-order valence-corrected chi connectivity index (χ0v) is 29.5. The molecule has 228 valence electrons. The Bertz CT molecular complexity index is 1630. The SMILES string of the molecule is COc1cc(C)c(OPOc2c(C)cc(C)cc2C)c(-c2c(C)c(C)cc(C)c2OPOc2c(C)cc(C)cc2C)c1C. The molecule has 0 radical (unpaired) electrons. The van der Waals surface area contributed by atoms with E-state index in [0.29, 0.717) is 0 Å². The Hall–Kier alpha value is -3.26. The maximum atomic E-state index is 6.52. The topological polar surface area (TPSA) is 46.2 Å². The van der Waals surface area contributed by atoms with E-state index in [1.807, 2.05) is 13.0 Å². The highest BCUT2D eigenvalue weighted by Crippen LogP contribution is 2.50. The Morgan fingerprint density at radius 1 is 0.395 bits per heavy atom. The van der Waals surface area contributed by atoms with Gasteiger partial charge in [-0.05, 0) is 127 Å². The fourth-order valence-corrected chi connectivity index (χ4v) is 7.45. The van der Waals surface area contributed by atoms with Crippen LogP contribution in [0.4, 0.5) is 0 Å². The number of aryl methyl sites for hydroxylation is 9. The molecule has 0 fully saturated rings. The number of hydrogen-bond donors (Lipinski definition) is 0. The molecule has 0 heterocycles. The first-order chi connectivity index (χ1) is 20.3. The molecule has 0 saturated carbocycles. The summed E-state index contributed by atoms with van der Waals surface area (Å²) in [5.74, 6) is 4.05. The van der Waals surface area contributed by atoms with Crippen molar-refractivity contribution < 1.29 is 22.8 Å². The molecule has 0 aliphatic carbocycles. The molecule has 0 aliphatic heterocycles. The first kappa shape index (κ1) is 32.6. The third-order valence-corrected chi connectivity index (χ3v) is 9.07. The molecule has 0 amide bonds. The van der Waals surface area contributed by atoms with E-state index in [9.17, 15) is 0 Å². The fourth-order valence-electron chi connectivity index (χ4n) is 5.87. The standard InChI is InChI=1S/C36H44O5P2/c1-19-13-22(4)33(23(5)14-19)38-42-40-35-26(8)17-21(3)28(10)31(35)32-29(11)30(37-12)18-27(9)36(32)41-43-39-34-24(6)15-20(2)16-25(34)7/h13-18,42-43H,1-12H3. The fraction of sp³-hybridized carbons (Fsp3) is 0.333. The number of benzene rings is 4. The second-order valence-electron chi connectivity index (χ2n) is 11.6. The summed E-state index contributed by atoms with van der Waals surface area (Å²) in [4.78, 5) is 0. The van der Waals surface area contributed by atoms with E-state index >= 15 is 0 Å². The number of methoxy groups -OCH3 is 1. The molecular formula is C36H44O5P2. The zero-order chi connectivity index (χ0) is 31.6. The van der Waals surface area contributed by atoms with Crippen LogP contribution in [-0.2, 0) is 0 Å². The maximum absolute atomic E-state index is 6.52. The van der Waals surface area contributed by atoms with Gasteiger partial charge in [-0.1, -0.05) is 41.5 Å². The highest BCUT2D eigenvalue weighted by molar-refractivity contribution is 7.27. The van der Waals surface area contributed by atoms with Gasteiger partial charge in [-0.15, -0.1) is 0 Å². The van der Waals surface area contributed by atoms with E-state index in [1.165, 1.54) is 16.7 Å². The Kier molecular flexibility index (Phi) is 10.3. The van der Waals surface area contributed by atoms with Crippen molar-refractivity contribution in [2.24, 2.45) is 0 Å². The van der Waals surface area contributed by atoms with Crippen molar-refractivity contribution in [3.05, 3.63) is 97.6 Å². The Morgan fingerprint density at radius 2 is 0.744 bits per heavy atom. The molecule has 0 N–H and O–H groups in total. The van der Waals surface area contributed by atoms with Crippen LogP contribution in [0, 0.1) is 76.2 Å². The van der Waals surface area contributed by atoms with Crippen molar-refractivity contribution in [3.8, 4) is 39.9 Å². The zero-order valence-electron chi connectivity index (χ0n) is 27.5. The van der Waals surface area contributed by atoms with Gasteiger partial charge in [0, 0.05) is 16.7 Å². The quantitative estimate of drug-likeness (QED) is 0.166. The number of ether oxygens (including phenoxy) is 1. The lowest BCUT2D eigenvalue weighted by Gasteiger charge is -2.24. The molecule has 4 aromatic carbocycles. The van der Waals surface area contributed by atoms with Crippen molar-refractivity contribution in [1.82, 2.24) is 0 Å². The molecule has 0 spiro atoms. The lowest BCUT2D eigenvalue weighted by molar-refractivity contribution is 0.410. The molecule has 4 aromatic rings. The van der Waals surface area contributed by atoms with Crippen LogP contribution >= 0.6 is 18.1 Å². The van der Waals surface area contributed by atoms with Gasteiger partial charge in [0.05, 0.1) is 7.11 Å². The van der Waals surface area contributed by atoms with Crippen molar-refractivity contribution in [2.75, 3.05) is 7.11 Å². The Labute approximate surface area is 261 Å². The third-order valence-electron chi connectivity index (χ3n) is 7.92. The van der Waals surface area contributed by atoms with Gasteiger partial charge in [-0.25, -0.2) is 0 Å². The van der Waals surface area contributed by atoms with E-state index in [4.69, 9.17) is 22.8 Å². The summed E-state index contributed by atoms with van der Waals surface area (Å²) in [7, 11) is 1.25. The monoisotopic (exact) mass is 618 g/mol. The van der Waals surface area contributed by atoms with Crippen LogP contribution in [0.5, 0.6) is 28.7 Å². The van der Waals surface area contributed by atoms with Crippen LogP contribution in [0.15, 0.2) is 36.4 Å². The van der Waals surface area contributed by atoms with Crippen LogP contribution in [0.2, 0.25) is 0 Å². The smallest absolute Gasteiger partial charge is 0.275 e. The van der Waals surface area contributed by atoms with Gasteiger partial charge in [0.2, 0.25) is 0 Å². The molecule has 0 aliphatic rings. The van der Waals surface area contributed by atoms with E-state index in [-0.39, 0.29) is 18.1 Å². The van der Waals surface area contributed by atoms with Crippen LogP contribution in [0.1, 0.15) is 61.2 Å². The van der Waals surface area contributed by atoms with Gasteiger partial charge in [0.15, 0.2) is 0 Å². The average molecular weight is 619 g/mol. The summed E-state index contributed by atoms with van der Waals surface area (Å²) >= 11 is 0. The predicted octanol–water partition coefficient (Wildman–Crippen LogP) is 10.7. The van der Waals surface area contributed by atoms with Crippen molar-refractivity contribution >= 4 is 18.1 Å². The summed E-state index contributed by atoms with van der Waals surface area (Å²) in [6, 6.07) is 12.7. The summed E-state index contributed by atoms with van der Waals surface area (Å²) in [5.41, 5.74) is 14.0. The molecule has 43 heavy (non-hydrogen) atoms. The molecule has 0 aromatic heterocycles. The van der Waals surface area contributed by atoms with Crippen LogP contribution in [0.25, 0.3) is 11.1 Å². The Morgan fingerprint density at radius 3 is 1.16 bits per heavy atom. The summed E-state index contributed by atoms with van der Waals surface area (Å²) in [6.45, 7) is 22.9. The second kappa shape index (κ2) is 13.6. The molecule has 2 unspecified atom stereocenters. The normalized spacial score (nSPS) is 11.5. The van der Waals surface area contributed by atoms with Gasteiger partial charge < -0.3 is 22.8 Å². The molecule has 0 bridgehead atoms. The minimum absolute atomic E-state index is 0.221. The van der Waals surface area contributed by atoms with Crippen molar-refractivity contribution in [1.29, 1.82) is 0 Å². The first-order valence-electron chi connectivity index (χ1n) is 14.5. The largest absolute Gasteiger partial charge is 0.496 e. The van der Waals surface area contributed by atoms with E-state index in [1.54, 1.807) is 7.11 Å². The molecule has 4 rings (SSSR count). The minimum Gasteiger partial charge on any atom is -0.496 e. The van der Waals surface area contributed by atoms with Crippen molar-refractivity contribution in [2.45, 2.75) is 76.2 Å². The Balaban J connectivity index is 1.76. The molecule has 5 nitrogen and oxygen atoms in total. The van der Waals surface area contributed by atoms with E-state index < -0.39 is 0 Å². The first-order valence-corrected chi connectivity index (χ1v) is 16.1. The molecule has 2 atom stereocenters. The minimum atomic E-state index is -0.230. The highest BCUT2D eigenvalue weighted by atomic mass is 31.1. The van der Waals surface area contributed by atoms with Gasteiger partial charge in [0.1, 0.15) is 28.7 Å². The molecule has 0 saturated heterocycles. The van der Waals surface area contributed by atoms with Gasteiger partial charge in [0.25, 0.3) is 18.1 Å². The number of hydrogen-bond acceptors (Lipinski definition) is 5. The summed E-state index contributed by atoms with van der Waals surface area (Å²) in [6.07, 6.45) is 0. The lowest BCUT2D eigenvalue weighted by atomic mass is 9.89. The van der Waals surface area contributed by atoms with Crippen molar-refractivity contribution in [3.63, 3.8) is 0 Å². The van der Waals surface area contributed by atoms with Crippen LogP contribution in [0.3, 0.4) is 0 Å². The average Bonchev–Trinajstić information content (AvgIpc) is 2.92. The summed E-state index contributed by atoms with van der Waals surface area (Å²) in [5, 5.41) is 0. The van der Waals surface area contributed by atoms with E-state index in [0.717, 1.165) is 84.4 Å². The third kappa shape index (κ3) is 6.95. The van der Waals surface area contributed by atoms with Gasteiger partial charge in [-0.2, -0.15) is 0 Å². The van der Waals surface area contributed by atoms with Crippen LogP contribution in [-0.4, -0.2) is 7.11 Å². The van der Waals surface area contributed by atoms with Gasteiger partial charge >= 0.3 is 0 Å². The highest BCUT2D eigenvalue weighted by Gasteiger charge is 2.25. The van der Waals surface area contributed by atoms with E-state index in [2.05, 4.69) is 99.6 Å².